The van der Waals surface area contributed by atoms with Crippen LogP contribution in [0.15, 0.2) is 54.9 Å². The second-order valence-corrected chi connectivity index (χ2v) is 5.44. The molecule has 0 unspecified atom stereocenters. The van der Waals surface area contributed by atoms with Gasteiger partial charge in [0, 0.05) is 22.5 Å². The van der Waals surface area contributed by atoms with E-state index >= 15 is 0 Å². The Hall–Kier alpha value is -3.06. The Morgan fingerprint density at radius 2 is 1.80 bits per heavy atom. The van der Waals surface area contributed by atoms with Gasteiger partial charge < -0.3 is 10.6 Å². The predicted molar refractivity (Wildman–Crippen MR) is 91.1 cm³/mol. The fourth-order valence-electron chi connectivity index (χ4n) is 1.99. The number of benzene rings is 2. The maximum atomic E-state index is 13.2. The van der Waals surface area contributed by atoms with Gasteiger partial charge in [0.1, 0.15) is 11.5 Å². The minimum absolute atomic E-state index is 0.0933. The molecule has 0 aliphatic carbocycles. The van der Waals surface area contributed by atoms with Gasteiger partial charge >= 0.3 is 0 Å². The van der Waals surface area contributed by atoms with Gasteiger partial charge in [-0.3, -0.25) is 4.79 Å². The summed E-state index contributed by atoms with van der Waals surface area (Å²) < 4.78 is 26.1. The molecule has 0 spiro atoms. The van der Waals surface area contributed by atoms with Crippen LogP contribution in [0.1, 0.15) is 10.5 Å². The summed E-state index contributed by atoms with van der Waals surface area (Å²) in [5.41, 5.74) is 0.934. The molecule has 126 valence electrons. The summed E-state index contributed by atoms with van der Waals surface area (Å²) >= 11 is 5.86. The summed E-state index contributed by atoms with van der Waals surface area (Å²) in [6.45, 7) is 0. The third-order valence-electron chi connectivity index (χ3n) is 3.16. The molecule has 0 aliphatic rings. The normalized spacial score (nSPS) is 10.4. The molecule has 0 radical (unpaired) electrons. The van der Waals surface area contributed by atoms with Crippen molar-refractivity contribution in [3.05, 3.63) is 77.2 Å². The fourth-order valence-corrected chi connectivity index (χ4v) is 2.18. The second-order valence-electron chi connectivity index (χ2n) is 5.01. The quantitative estimate of drug-likeness (QED) is 0.723. The molecule has 1 heterocycles. The van der Waals surface area contributed by atoms with E-state index in [1.165, 1.54) is 18.5 Å². The average molecular weight is 361 g/mol. The van der Waals surface area contributed by atoms with Crippen LogP contribution < -0.4 is 10.6 Å². The lowest BCUT2D eigenvalue weighted by Crippen LogP contribution is -2.14. The van der Waals surface area contributed by atoms with E-state index in [0.717, 1.165) is 12.1 Å². The zero-order chi connectivity index (χ0) is 17.8. The van der Waals surface area contributed by atoms with Gasteiger partial charge in [0.2, 0.25) is 0 Å². The highest BCUT2D eigenvalue weighted by Gasteiger charge is 2.09. The van der Waals surface area contributed by atoms with Crippen LogP contribution in [0.2, 0.25) is 5.02 Å². The highest BCUT2D eigenvalue weighted by atomic mass is 35.5. The van der Waals surface area contributed by atoms with Gasteiger partial charge in [0.15, 0.2) is 11.6 Å². The summed E-state index contributed by atoms with van der Waals surface area (Å²) in [5, 5.41) is 5.91. The van der Waals surface area contributed by atoms with Gasteiger partial charge in [-0.15, -0.1) is 0 Å². The van der Waals surface area contributed by atoms with Gasteiger partial charge in [0.05, 0.1) is 12.4 Å². The molecule has 0 saturated carbocycles. The predicted octanol–water partition coefficient (Wildman–Crippen LogP) is 4.40. The number of nitrogens with zero attached hydrogens (tertiary/aromatic N) is 2. The Balaban J connectivity index is 1.69. The topological polar surface area (TPSA) is 66.9 Å². The molecule has 1 amide bonds. The summed E-state index contributed by atoms with van der Waals surface area (Å²) in [6, 6.07) is 10.0. The van der Waals surface area contributed by atoms with E-state index in [1.54, 1.807) is 24.3 Å². The molecular weight excluding hydrogens is 350 g/mol. The van der Waals surface area contributed by atoms with E-state index in [9.17, 15) is 13.6 Å². The van der Waals surface area contributed by atoms with Gasteiger partial charge in [-0.05, 0) is 30.3 Å². The molecule has 5 nitrogen and oxygen atoms in total. The fraction of sp³-hybridized carbons (Fsp3) is 0. The molecule has 0 bridgehead atoms. The number of hydrogen-bond donors (Lipinski definition) is 2. The molecule has 0 aliphatic heterocycles. The van der Waals surface area contributed by atoms with Gasteiger partial charge in [0.25, 0.3) is 5.91 Å². The minimum atomic E-state index is -0.976. The van der Waals surface area contributed by atoms with Crippen LogP contribution in [0.3, 0.4) is 0 Å². The number of nitrogens with one attached hydrogen (secondary N) is 2. The first kappa shape index (κ1) is 16.8. The summed E-state index contributed by atoms with van der Waals surface area (Å²) in [5.74, 6) is -2.08. The van der Waals surface area contributed by atoms with Crippen molar-refractivity contribution in [1.29, 1.82) is 0 Å². The summed E-state index contributed by atoms with van der Waals surface area (Å²) in [7, 11) is 0. The molecule has 0 atom stereocenters. The smallest absolute Gasteiger partial charge is 0.275 e. The summed E-state index contributed by atoms with van der Waals surface area (Å²) in [4.78, 5) is 20.1. The Morgan fingerprint density at radius 3 is 2.48 bits per heavy atom. The third-order valence-corrected chi connectivity index (χ3v) is 3.39. The SMILES string of the molecule is O=C(Nc1cccc(Cl)c1)c1cnc(Nc2ccc(F)c(F)c2)cn1. The number of amides is 1. The van der Waals surface area contributed by atoms with E-state index in [2.05, 4.69) is 20.6 Å². The third kappa shape index (κ3) is 4.27. The van der Waals surface area contributed by atoms with Crippen LogP contribution in [0.4, 0.5) is 26.0 Å². The van der Waals surface area contributed by atoms with E-state index < -0.39 is 17.5 Å². The van der Waals surface area contributed by atoms with Crippen LogP contribution in [0.25, 0.3) is 0 Å². The molecular formula is C17H11ClF2N4O. The highest BCUT2D eigenvalue weighted by Crippen LogP contribution is 2.18. The van der Waals surface area contributed by atoms with Crippen molar-refractivity contribution in [3.63, 3.8) is 0 Å². The number of carbonyl (C=O) groups is 1. The first-order valence-corrected chi connectivity index (χ1v) is 7.50. The molecule has 0 saturated heterocycles. The van der Waals surface area contributed by atoms with Gasteiger partial charge in [-0.25, -0.2) is 18.7 Å². The Labute approximate surface area is 146 Å². The van der Waals surface area contributed by atoms with Crippen molar-refractivity contribution >= 4 is 34.7 Å². The number of carbonyl (C=O) groups excluding carboxylic acids is 1. The lowest BCUT2D eigenvalue weighted by atomic mass is 10.3. The zero-order valence-electron chi connectivity index (χ0n) is 12.6. The molecule has 3 aromatic rings. The van der Waals surface area contributed by atoms with Crippen LogP contribution >= 0.6 is 11.6 Å². The number of anilines is 3. The van der Waals surface area contributed by atoms with Gasteiger partial charge in [-0.1, -0.05) is 17.7 Å². The first-order chi connectivity index (χ1) is 12.0. The van der Waals surface area contributed by atoms with Crippen molar-refractivity contribution in [1.82, 2.24) is 9.97 Å². The van der Waals surface area contributed by atoms with E-state index in [-0.39, 0.29) is 11.5 Å². The lowest BCUT2D eigenvalue weighted by Gasteiger charge is -2.07. The minimum Gasteiger partial charge on any atom is -0.339 e. The van der Waals surface area contributed by atoms with E-state index in [0.29, 0.717) is 16.4 Å². The molecule has 2 aromatic carbocycles. The average Bonchev–Trinajstić information content (AvgIpc) is 2.59. The largest absolute Gasteiger partial charge is 0.339 e. The number of halogens is 3. The monoisotopic (exact) mass is 360 g/mol. The first-order valence-electron chi connectivity index (χ1n) is 7.12. The van der Waals surface area contributed by atoms with Crippen LogP contribution in [-0.4, -0.2) is 15.9 Å². The van der Waals surface area contributed by atoms with Crippen molar-refractivity contribution in [2.75, 3.05) is 10.6 Å². The second kappa shape index (κ2) is 7.23. The number of aromatic nitrogens is 2. The molecule has 25 heavy (non-hydrogen) atoms. The molecule has 0 fully saturated rings. The van der Waals surface area contributed by atoms with Crippen LogP contribution in [0, 0.1) is 11.6 Å². The molecule has 1 aromatic heterocycles. The van der Waals surface area contributed by atoms with Crippen molar-refractivity contribution in [3.8, 4) is 0 Å². The number of rotatable bonds is 4. The van der Waals surface area contributed by atoms with Crippen LogP contribution in [0.5, 0.6) is 0 Å². The van der Waals surface area contributed by atoms with Crippen molar-refractivity contribution in [2.24, 2.45) is 0 Å². The Kier molecular flexibility index (Phi) is 4.85. The van der Waals surface area contributed by atoms with E-state index in [1.807, 2.05) is 0 Å². The molecule has 2 N–H and O–H groups in total. The van der Waals surface area contributed by atoms with Crippen LogP contribution in [-0.2, 0) is 0 Å². The van der Waals surface area contributed by atoms with Crippen molar-refractivity contribution < 1.29 is 13.6 Å². The standard InChI is InChI=1S/C17H11ClF2N4O/c18-10-2-1-3-11(6-10)24-17(25)15-8-22-16(9-21-15)23-12-4-5-13(19)14(20)7-12/h1-9H,(H,22,23)(H,24,25). The maximum absolute atomic E-state index is 13.2. The van der Waals surface area contributed by atoms with Crippen molar-refractivity contribution in [2.45, 2.75) is 0 Å². The summed E-state index contributed by atoms with van der Waals surface area (Å²) in [6.07, 6.45) is 2.58. The van der Waals surface area contributed by atoms with E-state index in [4.69, 9.17) is 11.6 Å². The highest BCUT2D eigenvalue weighted by molar-refractivity contribution is 6.30. The number of hydrogen-bond acceptors (Lipinski definition) is 4. The lowest BCUT2D eigenvalue weighted by molar-refractivity contribution is 0.102. The molecule has 3 rings (SSSR count). The van der Waals surface area contributed by atoms with Gasteiger partial charge in [-0.2, -0.15) is 0 Å². The molecule has 8 heteroatoms. The zero-order valence-corrected chi connectivity index (χ0v) is 13.4. The Morgan fingerprint density at radius 1 is 0.960 bits per heavy atom. The maximum Gasteiger partial charge on any atom is 0.275 e. The Bertz CT molecular complexity index is 919.